The van der Waals surface area contributed by atoms with Crippen molar-refractivity contribution in [3.05, 3.63) is 28.8 Å². The zero-order chi connectivity index (χ0) is 18.1. The molecule has 0 fully saturated rings. The maximum atomic E-state index is 12.1. The lowest BCUT2D eigenvalue weighted by Crippen LogP contribution is -2.22. The molecule has 0 saturated carbocycles. The Hall–Kier alpha value is -2.08. The zero-order valence-corrected chi connectivity index (χ0v) is 14.7. The molecule has 0 aliphatic carbocycles. The number of rotatable bonds is 9. The van der Waals surface area contributed by atoms with Crippen LogP contribution in [-0.2, 0) is 25.5 Å². The Balaban J connectivity index is 2.65. The zero-order valence-electron chi connectivity index (χ0n) is 13.9. The van der Waals surface area contributed by atoms with Crippen LogP contribution in [0.1, 0.15) is 38.2 Å². The molecule has 132 valence electrons. The summed E-state index contributed by atoms with van der Waals surface area (Å²) in [4.78, 5) is 34.1. The molecule has 0 heterocycles. The Labute approximate surface area is 146 Å². The van der Waals surface area contributed by atoms with Crippen molar-refractivity contribution in [1.29, 1.82) is 0 Å². The molecule has 1 atom stereocenters. The van der Waals surface area contributed by atoms with Crippen molar-refractivity contribution in [2.75, 3.05) is 12.4 Å². The van der Waals surface area contributed by atoms with Crippen molar-refractivity contribution >= 4 is 35.1 Å². The van der Waals surface area contributed by atoms with E-state index in [9.17, 15) is 14.4 Å². The smallest absolute Gasteiger partial charge is 0.305 e. The fraction of sp³-hybridized carbons (Fsp3) is 0.471. The van der Waals surface area contributed by atoms with Gasteiger partial charge in [-0.25, -0.2) is 0 Å². The third-order valence-corrected chi connectivity index (χ3v) is 4.11. The van der Waals surface area contributed by atoms with Gasteiger partial charge in [-0.2, -0.15) is 0 Å². The average molecular weight is 355 g/mol. The second kappa shape index (κ2) is 9.93. The summed E-state index contributed by atoms with van der Waals surface area (Å²) >= 11 is 6.33. The number of aryl methyl sites for hydroxylation is 1. The lowest BCUT2D eigenvalue weighted by Gasteiger charge is -2.14. The van der Waals surface area contributed by atoms with Crippen LogP contribution < -0.4 is 11.1 Å². The number of nitrogens with one attached hydrogen (secondary N) is 1. The van der Waals surface area contributed by atoms with E-state index in [1.807, 2.05) is 6.07 Å². The summed E-state index contributed by atoms with van der Waals surface area (Å²) in [7, 11) is 1.35. The van der Waals surface area contributed by atoms with Gasteiger partial charge in [0.15, 0.2) is 0 Å². The number of carbonyl (C=O) groups is 3. The quantitative estimate of drug-likeness (QED) is 0.666. The van der Waals surface area contributed by atoms with Gasteiger partial charge in [-0.3, -0.25) is 14.4 Å². The average Bonchev–Trinajstić information content (AvgIpc) is 2.55. The Bertz CT molecular complexity index is 604. The van der Waals surface area contributed by atoms with Crippen molar-refractivity contribution in [2.45, 2.75) is 39.0 Å². The number of amides is 2. The van der Waals surface area contributed by atoms with Crippen molar-refractivity contribution < 1.29 is 19.1 Å². The highest BCUT2D eigenvalue weighted by Gasteiger charge is 2.16. The number of benzene rings is 1. The van der Waals surface area contributed by atoms with Gasteiger partial charge < -0.3 is 15.8 Å². The number of primary amides is 1. The van der Waals surface area contributed by atoms with E-state index >= 15 is 0 Å². The molecule has 3 N–H and O–H groups in total. The number of nitrogens with two attached hydrogens (primary N) is 1. The second-order valence-corrected chi connectivity index (χ2v) is 5.98. The predicted octanol–water partition coefficient (Wildman–Crippen LogP) is 2.68. The van der Waals surface area contributed by atoms with Crippen LogP contribution in [0.3, 0.4) is 0 Å². The number of esters is 1. The summed E-state index contributed by atoms with van der Waals surface area (Å²) in [6, 6.07) is 5.36. The fourth-order valence-corrected chi connectivity index (χ4v) is 2.41. The topological polar surface area (TPSA) is 98.5 Å². The molecule has 1 aromatic carbocycles. The van der Waals surface area contributed by atoms with E-state index in [1.165, 1.54) is 7.11 Å². The van der Waals surface area contributed by atoms with Crippen LogP contribution in [0.15, 0.2) is 18.2 Å². The standard InChI is InChI=1S/C17H23ClN2O4/c1-11(9-10-14(19)21)17(23)20-13-7-3-5-12(16(13)18)6-4-8-15(22)24-2/h3,5,7,11H,4,6,8-10H2,1-2H3,(H2,19,21)(H,20,23). The molecule has 1 unspecified atom stereocenters. The van der Waals surface area contributed by atoms with Crippen LogP contribution in [0.5, 0.6) is 0 Å². The van der Waals surface area contributed by atoms with Gasteiger partial charge in [-0.1, -0.05) is 30.7 Å². The fourth-order valence-electron chi connectivity index (χ4n) is 2.14. The highest BCUT2D eigenvalue weighted by Crippen LogP contribution is 2.28. The van der Waals surface area contributed by atoms with E-state index in [0.29, 0.717) is 36.4 Å². The number of hydrogen-bond acceptors (Lipinski definition) is 4. The highest BCUT2D eigenvalue weighted by atomic mass is 35.5. The van der Waals surface area contributed by atoms with Gasteiger partial charge in [0.2, 0.25) is 11.8 Å². The number of methoxy groups -OCH3 is 1. The molecule has 6 nitrogen and oxygen atoms in total. The molecule has 0 spiro atoms. The van der Waals surface area contributed by atoms with E-state index in [4.69, 9.17) is 17.3 Å². The Morgan fingerprint density at radius 3 is 2.62 bits per heavy atom. The van der Waals surface area contributed by atoms with Gasteiger partial charge in [0.25, 0.3) is 0 Å². The van der Waals surface area contributed by atoms with Gasteiger partial charge in [-0.15, -0.1) is 0 Å². The first kappa shape index (κ1) is 20.0. The minimum Gasteiger partial charge on any atom is -0.469 e. The lowest BCUT2D eigenvalue weighted by molar-refractivity contribution is -0.140. The molecule has 0 saturated heterocycles. The predicted molar refractivity (Wildman–Crippen MR) is 92.6 cm³/mol. The minimum atomic E-state index is -0.430. The Morgan fingerprint density at radius 1 is 1.29 bits per heavy atom. The molecular weight excluding hydrogens is 332 g/mol. The molecule has 0 bridgehead atoms. The van der Waals surface area contributed by atoms with Crippen LogP contribution in [0.2, 0.25) is 5.02 Å². The first-order chi connectivity index (χ1) is 11.3. The molecule has 1 aromatic rings. The van der Waals surface area contributed by atoms with Gasteiger partial charge in [-0.05, 0) is 30.9 Å². The highest BCUT2D eigenvalue weighted by molar-refractivity contribution is 6.34. The van der Waals surface area contributed by atoms with Crippen LogP contribution in [0.25, 0.3) is 0 Å². The number of halogens is 1. The van der Waals surface area contributed by atoms with Gasteiger partial charge in [0, 0.05) is 18.8 Å². The van der Waals surface area contributed by atoms with Gasteiger partial charge >= 0.3 is 5.97 Å². The van der Waals surface area contributed by atoms with E-state index in [1.54, 1.807) is 19.1 Å². The summed E-state index contributed by atoms with van der Waals surface area (Å²) in [6.07, 6.45) is 2.08. The lowest BCUT2D eigenvalue weighted by atomic mass is 10.0. The third-order valence-electron chi connectivity index (χ3n) is 3.66. The maximum absolute atomic E-state index is 12.1. The van der Waals surface area contributed by atoms with E-state index in [0.717, 1.165) is 5.56 Å². The van der Waals surface area contributed by atoms with E-state index in [2.05, 4.69) is 10.1 Å². The largest absolute Gasteiger partial charge is 0.469 e. The van der Waals surface area contributed by atoms with Crippen molar-refractivity contribution in [3.63, 3.8) is 0 Å². The third kappa shape index (κ3) is 6.58. The maximum Gasteiger partial charge on any atom is 0.305 e. The van der Waals surface area contributed by atoms with Gasteiger partial charge in [0.05, 0.1) is 17.8 Å². The van der Waals surface area contributed by atoms with Crippen LogP contribution in [-0.4, -0.2) is 24.9 Å². The Kier molecular flexibility index (Phi) is 8.26. The summed E-state index contributed by atoms with van der Waals surface area (Å²) < 4.78 is 4.60. The number of hydrogen-bond donors (Lipinski definition) is 2. The van der Waals surface area contributed by atoms with Gasteiger partial charge in [0.1, 0.15) is 0 Å². The van der Waals surface area contributed by atoms with E-state index in [-0.39, 0.29) is 24.2 Å². The molecule has 0 aliphatic heterocycles. The molecular formula is C17H23ClN2O4. The number of carbonyl (C=O) groups excluding carboxylic acids is 3. The molecule has 0 aromatic heterocycles. The summed E-state index contributed by atoms with van der Waals surface area (Å²) in [5.41, 5.74) is 6.46. The first-order valence-corrected chi connectivity index (χ1v) is 8.16. The Morgan fingerprint density at radius 2 is 2.00 bits per heavy atom. The molecule has 7 heteroatoms. The molecule has 0 aliphatic rings. The normalized spacial score (nSPS) is 11.6. The number of anilines is 1. The SMILES string of the molecule is COC(=O)CCCc1cccc(NC(=O)C(C)CCC(N)=O)c1Cl. The van der Waals surface area contributed by atoms with Crippen molar-refractivity contribution in [2.24, 2.45) is 11.7 Å². The molecule has 0 radical (unpaired) electrons. The first-order valence-electron chi connectivity index (χ1n) is 7.78. The van der Waals surface area contributed by atoms with Crippen molar-refractivity contribution in [3.8, 4) is 0 Å². The summed E-state index contributed by atoms with van der Waals surface area (Å²) in [5.74, 6) is -1.26. The van der Waals surface area contributed by atoms with Crippen LogP contribution in [0.4, 0.5) is 5.69 Å². The van der Waals surface area contributed by atoms with Crippen LogP contribution >= 0.6 is 11.6 Å². The summed E-state index contributed by atoms with van der Waals surface area (Å²) in [6.45, 7) is 1.73. The molecule has 2 amide bonds. The summed E-state index contributed by atoms with van der Waals surface area (Å²) in [5, 5.41) is 3.23. The minimum absolute atomic E-state index is 0.163. The monoisotopic (exact) mass is 354 g/mol. The molecule has 1 rings (SSSR count). The molecule has 24 heavy (non-hydrogen) atoms. The van der Waals surface area contributed by atoms with Crippen LogP contribution in [0, 0.1) is 5.92 Å². The second-order valence-electron chi connectivity index (χ2n) is 5.60. The number of ether oxygens (including phenoxy) is 1. The van der Waals surface area contributed by atoms with Crippen molar-refractivity contribution in [1.82, 2.24) is 0 Å². The van der Waals surface area contributed by atoms with E-state index < -0.39 is 5.91 Å².